The maximum atomic E-state index is 11.9. The second-order valence-corrected chi connectivity index (χ2v) is 6.51. The number of benzene rings is 3. The van der Waals surface area contributed by atoms with Gasteiger partial charge >= 0.3 is 5.97 Å². The third kappa shape index (κ3) is 4.80. The summed E-state index contributed by atoms with van der Waals surface area (Å²) in [4.78, 5) is 11.9. The summed E-state index contributed by atoms with van der Waals surface area (Å²) in [6, 6.07) is 20.1. The molecule has 0 fully saturated rings. The summed E-state index contributed by atoms with van der Waals surface area (Å²) in [7, 11) is 1.48. The van der Waals surface area contributed by atoms with Gasteiger partial charge in [0.2, 0.25) is 0 Å². The summed E-state index contributed by atoms with van der Waals surface area (Å²) in [6.45, 7) is 0.321. The Labute approximate surface area is 174 Å². The van der Waals surface area contributed by atoms with E-state index in [4.69, 9.17) is 20.5 Å². The van der Waals surface area contributed by atoms with Crippen LogP contribution in [0.2, 0.25) is 0 Å². The first-order chi connectivity index (χ1) is 14.5. The number of nitrogens with zero attached hydrogens (tertiary/aromatic N) is 1. The number of ether oxygens (including phenoxy) is 2. The van der Waals surface area contributed by atoms with Gasteiger partial charge in [0.1, 0.15) is 6.61 Å². The highest BCUT2D eigenvalue weighted by atomic mass is 16.5. The lowest BCUT2D eigenvalue weighted by Gasteiger charge is -2.20. The van der Waals surface area contributed by atoms with Crippen LogP contribution in [0.5, 0.6) is 11.5 Å². The van der Waals surface area contributed by atoms with Crippen molar-refractivity contribution < 1.29 is 19.4 Å². The minimum Gasteiger partial charge on any atom is -0.493 e. The molecule has 0 aromatic heterocycles. The predicted molar refractivity (Wildman–Crippen MR) is 113 cm³/mol. The molecule has 0 saturated heterocycles. The Bertz CT molecular complexity index is 1060. The lowest BCUT2D eigenvalue weighted by molar-refractivity contribution is -0.138. The fraction of sp³-hybridized carbons (Fsp3) is 0.130. The highest BCUT2D eigenvalue weighted by molar-refractivity contribution is 5.82. The molecule has 0 bridgehead atoms. The average Bonchev–Trinajstić information content (AvgIpc) is 2.77. The van der Waals surface area contributed by atoms with E-state index in [1.54, 1.807) is 36.4 Å². The van der Waals surface area contributed by atoms with Crippen LogP contribution >= 0.6 is 0 Å². The summed E-state index contributed by atoms with van der Waals surface area (Å²) in [6.07, 6.45) is 0. The second kappa shape index (κ2) is 9.34. The van der Waals surface area contributed by atoms with Crippen molar-refractivity contribution in [1.82, 2.24) is 0 Å². The summed E-state index contributed by atoms with van der Waals surface area (Å²) in [5, 5.41) is 21.6. The minimum atomic E-state index is -1.12. The normalized spacial score (nSPS) is 11.2. The number of rotatable bonds is 8. The summed E-state index contributed by atoms with van der Waals surface area (Å²) in [5.41, 5.74) is 8.78. The Morgan fingerprint density at radius 1 is 1.13 bits per heavy atom. The Kier molecular flexibility index (Phi) is 6.40. The first-order valence-corrected chi connectivity index (χ1v) is 9.15. The van der Waals surface area contributed by atoms with Crippen LogP contribution in [0.1, 0.15) is 22.7 Å². The van der Waals surface area contributed by atoms with Crippen molar-refractivity contribution in [2.45, 2.75) is 12.6 Å². The molecule has 3 rings (SSSR count). The van der Waals surface area contributed by atoms with Gasteiger partial charge in [-0.3, -0.25) is 0 Å². The lowest BCUT2D eigenvalue weighted by Crippen LogP contribution is -2.22. The number of nitrogen functional groups attached to an aromatic ring is 1. The molecule has 0 heterocycles. The summed E-state index contributed by atoms with van der Waals surface area (Å²) in [5.74, 6) is -0.306. The van der Waals surface area contributed by atoms with Gasteiger partial charge in [-0.15, -0.1) is 0 Å². The van der Waals surface area contributed by atoms with Crippen molar-refractivity contribution in [3.05, 3.63) is 83.4 Å². The second-order valence-electron chi connectivity index (χ2n) is 6.51. The molecule has 3 aromatic rings. The lowest BCUT2D eigenvalue weighted by atomic mass is 10.0. The maximum absolute atomic E-state index is 11.9. The van der Waals surface area contributed by atoms with Gasteiger partial charge in [0.25, 0.3) is 0 Å². The minimum absolute atomic E-state index is 0.257. The molecule has 3 aromatic carbocycles. The molecule has 0 aliphatic carbocycles. The average molecular weight is 403 g/mol. The number of hydrogen-bond donors (Lipinski definition) is 3. The van der Waals surface area contributed by atoms with Crippen molar-refractivity contribution in [2.24, 2.45) is 0 Å². The molecular weight excluding hydrogens is 382 g/mol. The van der Waals surface area contributed by atoms with Crippen molar-refractivity contribution in [2.75, 3.05) is 18.2 Å². The standard InChI is InChI=1S/C23H21N3O4/c1-29-20-11-18(19(25)12-21(20)30-14-16-5-3-2-4-6-16)22(23(27)28)26-17-9-7-15(13-24)8-10-17/h2-12,22,26H,14,25H2,1H3,(H,27,28). The predicted octanol–water partition coefficient (Wildman–Crippen LogP) is 3.97. The molecule has 7 heteroatoms. The first-order valence-electron chi connectivity index (χ1n) is 9.15. The molecule has 0 aliphatic rings. The highest BCUT2D eigenvalue weighted by Gasteiger charge is 2.24. The number of anilines is 2. The van der Waals surface area contributed by atoms with Crippen molar-refractivity contribution in [1.29, 1.82) is 5.26 Å². The molecule has 0 aliphatic heterocycles. The molecular formula is C23H21N3O4. The van der Waals surface area contributed by atoms with Crippen LogP contribution in [0.25, 0.3) is 0 Å². The van der Waals surface area contributed by atoms with Gasteiger partial charge in [0, 0.05) is 23.0 Å². The van der Waals surface area contributed by atoms with E-state index in [1.807, 2.05) is 36.4 Å². The van der Waals surface area contributed by atoms with Gasteiger partial charge in [-0.05, 0) is 35.9 Å². The van der Waals surface area contributed by atoms with E-state index in [-0.39, 0.29) is 5.69 Å². The Morgan fingerprint density at radius 2 is 1.83 bits per heavy atom. The van der Waals surface area contributed by atoms with Crippen molar-refractivity contribution in [3.63, 3.8) is 0 Å². The van der Waals surface area contributed by atoms with E-state index in [0.29, 0.717) is 34.9 Å². The van der Waals surface area contributed by atoms with Crippen molar-refractivity contribution >= 4 is 17.3 Å². The molecule has 0 radical (unpaired) electrons. The van der Waals surface area contributed by atoms with Gasteiger partial charge in [-0.1, -0.05) is 30.3 Å². The fourth-order valence-corrected chi connectivity index (χ4v) is 2.93. The maximum Gasteiger partial charge on any atom is 0.330 e. The number of carboxylic acid groups (broad SMARTS) is 1. The Balaban J connectivity index is 1.86. The summed E-state index contributed by atoms with van der Waals surface area (Å²) >= 11 is 0. The van der Waals surface area contributed by atoms with Gasteiger partial charge in [0.05, 0.1) is 18.7 Å². The van der Waals surface area contributed by atoms with E-state index in [2.05, 4.69) is 5.32 Å². The van der Waals surface area contributed by atoms with E-state index in [9.17, 15) is 9.90 Å². The zero-order chi connectivity index (χ0) is 21.5. The van der Waals surface area contributed by atoms with E-state index in [0.717, 1.165) is 5.56 Å². The molecule has 152 valence electrons. The number of carboxylic acids is 1. The number of nitrogens with one attached hydrogen (secondary N) is 1. The zero-order valence-corrected chi connectivity index (χ0v) is 16.3. The van der Waals surface area contributed by atoms with Crippen molar-refractivity contribution in [3.8, 4) is 17.6 Å². The van der Waals surface area contributed by atoms with Crippen LogP contribution in [0.15, 0.2) is 66.7 Å². The van der Waals surface area contributed by atoms with Crippen LogP contribution in [0.4, 0.5) is 11.4 Å². The van der Waals surface area contributed by atoms with E-state index >= 15 is 0 Å². The van der Waals surface area contributed by atoms with Gasteiger partial charge in [0.15, 0.2) is 17.5 Å². The Morgan fingerprint density at radius 3 is 2.43 bits per heavy atom. The molecule has 0 saturated carbocycles. The molecule has 1 unspecified atom stereocenters. The highest BCUT2D eigenvalue weighted by Crippen LogP contribution is 2.36. The molecule has 30 heavy (non-hydrogen) atoms. The van der Waals surface area contributed by atoms with Gasteiger partial charge < -0.3 is 25.6 Å². The third-order valence-electron chi connectivity index (χ3n) is 4.49. The SMILES string of the molecule is COc1cc(C(Nc2ccc(C#N)cc2)C(=O)O)c(N)cc1OCc1ccccc1. The molecule has 0 amide bonds. The largest absolute Gasteiger partial charge is 0.493 e. The fourth-order valence-electron chi connectivity index (χ4n) is 2.93. The topological polar surface area (TPSA) is 118 Å². The third-order valence-corrected chi connectivity index (χ3v) is 4.49. The molecule has 0 spiro atoms. The summed E-state index contributed by atoms with van der Waals surface area (Å²) < 4.78 is 11.2. The number of hydrogen-bond acceptors (Lipinski definition) is 6. The molecule has 4 N–H and O–H groups in total. The van der Waals surface area contributed by atoms with E-state index < -0.39 is 12.0 Å². The van der Waals surface area contributed by atoms with Crippen LogP contribution in [0.3, 0.4) is 0 Å². The number of carbonyl (C=O) groups is 1. The van der Waals surface area contributed by atoms with Crippen LogP contribution < -0.4 is 20.5 Å². The monoisotopic (exact) mass is 403 g/mol. The first kappa shape index (κ1) is 20.6. The number of nitrogens with two attached hydrogens (primary N) is 1. The zero-order valence-electron chi connectivity index (χ0n) is 16.3. The van der Waals surface area contributed by atoms with Gasteiger partial charge in [-0.25, -0.2) is 4.79 Å². The molecule has 1 atom stereocenters. The quantitative estimate of drug-likeness (QED) is 0.487. The van der Waals surface area contributed by atoms with Crippen LogP contribution in [-0.4, -0.2) is 18.2 Å². The van der Waals surface area contributed by atoms with Gasteiger partial charge in [-0.2, -0.15) is 5.26 Å². The van der Waals surface area contributed by atoms with Crippen LogP contribution in [-0.2, 0) is 11.4 Å². The van der Waals surface area contributed by atoms with Crippen LogP contribution in [0, 0.1) is 11.3 Å². The number of aliphatic carboxylic acids is 1. The Hall–Kier alpha value is -4.18. The van der Waals surface area contributed by atoms with E-state index in [1.165, 1.54) is 7.11 Å². The number of nitriles is 1. The smallest absolute Gasteiger partial charge is 0.330 e. The molecule has 7 nitrogen and oxygen atoms in total. The number of methoxy groups -OCH3 is 1.